The van der Waals surface area contributed by atoms with Crippen molar-refractivity contribution in [2.24, 2.45) is 0 Å². The highest BCUT2D eigenvalue weighted by Gasteiger charge is 1.75. The highest BCUT2D eigenvalue weighted by molar-refractivity contribution is 4.61. The predicted octanol–water partition coefficient (Wildman–Crippen LogP) is 3.51. The van der Waals surface area contributed by atoms with Crippen molar-refractivity contribution in [2.45, 2.75) is 52.9 Å². The number of unbranched alkanes of at least 4 members (excludes halogenated alkanes) is 3. The minimum Gasteiger partial charge on any atom is -0.198 e. The van der Waals surface area contributed by atoms with Gasteiger partial charge in [0.15, 0.2) is 0 Å². The van der Waals surface area contributed by atoms with E-state index in [-0.39, 0.29) is 0 Å². The summed E-state index contributed by atoms with van der Waals surface area (Å²) < 4.78 is 0. The van der Waals surface area contributed by atoms with Crippen LogP contribution in [0.4, 0.5) is 0 Å². The Morgan fingerprint density at radius 1 is 1.00 bits per heavy atom. The summed E-state index contributed by atoms with van der Waals surface area (Å²) in [5.41, 5.74) is 0. The average molecular weight is 141 g/mol. The number of nitriles is 1. The average Bonchev–Trinajstić information content (AvgIpc) is 2.01. The minimum atomic E-state index is 0.625. The Morgan fingerprint density at radius 3 is 1.40 bits per heavy atom. The van der Waals surface area contributed by atoms with Gasteiger partial charge in [0.05, 0.1) is 6.07 Å². The van der Waals surface area contributed by atoms with E-state index >= 15 is 0 Å². The Hall–Kier alpha value is -0.510. The van der Waals surface area contributed by atoms with Gasteiger partial charge in [0.25, 0.3) is 0 Å². The van der Waals surface area contributed by atoms with Gasteiger partial charge in [-0.25, -0.2) is 0 Å². The third-order valence-electron chi connectivity index (χ3n) is 1.12. The second-order valence-corrected chi connectivity index (χ2v) is 2.22. The van der Waals surface area contributed by atoms with Gasteiger partial charge in [-0.1, -0.05) is 46.5 Å². The van der Waals surface area contributed by atoms with E-state index in [1.165, 1.54) is 25.7 Å². The number of hydrogen-bond donors (Lipinski definition) is 0. The van der Waals surface area contributed by atoms with Crippen molar-refractivity contribution in [1.82, 2.24) is 0 Å². The lowest BCUT2D eigenvalue weighted by Gasteiger charge is -1.86. The zero-order valence-corrected chi connectivity index (χ0v) is 7.48. The molecule has 60 valence electrons. The fraction of sp³-hybridized carbons (Fsp3) is 0.889. The molecule has 0 spiro atoms. The van der Waals surface area contributed by atoms with E-state index in [1.807, 2.05) is 13.0 Å². The van der Waals surface area contributed by atoms with Crippen LogP contribution in [0.1, 0.15) is 52.9 Å². The molecule has 0 heterocycles. The fourth-order valence-corrected chi connectivity index (χ4v) is 0.500. The van der Waals surface area contributed by atoms with Crippen LogP contribution < -0.4 is 0 Å². The maximum absolute atomic E-state index is 7.62. The Kier molecular flexibility index (Phi) is 19.3. The van der Waals surface area contributed by atoms with Gasteiger partial charge in [-0.3, -0.25) is 0 Å². The van der Waals surface area contributed by atoms with E-state index in [1.54, 1.807) is 0 Å². The minimum absolute atomic E-state index is 0.625. The largest absolute Gasteiger partial charge is 0.198 e. The Labute approximate surface area is 65.1 Å². The molecule has 10 heavy (non-hydrogen) atoms. The molecule has 0 radical (unpaired) electrons. The molecule has 1 nitrogen and oxygen atoms in total. The first-order valence-corrected chi connectivity index (χ1v) is 4.20. The van der Waals surface area contributed by atoms with Crippen molar-refractivity contribution >= 4 is 0 Å². The van der Waals surface area contributed by atoms with Gasteiger partial charge < -0.3 is 0 Å². The second-order valence-electron chi connectivity index (χ2n) is 2.22. The molecule has 0 aliphatic heterocycles. The monoisotopic (exact) mass is 141 g/mol. The highest BCUT2D eigenvalue weighted by atomic mass is 14.2. The molecule has 0 unspecified atom stereocenters. The smallest absolute Gasteiger partial charge is 0.0618 e. The van der Waals surface area contributed by atoms with E-state index in [9.17, 15) is 0 Å². The molecular formula is C9H19N. The van der Waals surface area contributed by atoms with Crippen molar-refractivity contribution < 1.29 is 0 Å². The highest BCUT2D eigenvalue weighted by Crippen LogP contribution is 1.95. The molecule has 0 fully saturated rings. The van der Waals surface area contributed by atoms with Gasteiger partial charge in [-0.15, -0.1) is 0 Å². The lowest BCUT2D eigenvalue weighted by atomic mass is 10.2. The Balaban J connectivity index is 0. The third kappa shape index (κ3) is 25.9. The standard InChI is InChI=1S/C6H14.C3H5N/c1-3-5-6-4-2;1-2-3-4/h3-6H2,1-2H3;2H2,1H3. The van der Waals surface area contributed by atoms with Crippen LogP contribution in [-0.2, 0) is 0 Å². The zero-order valence-electron chi connectivity index (χ0n) is 7.48. The molecule has 0 amide bonds. The molecule has 0 saturated heterocycles. The normalized spacial score (nSPS) is 7.40. The predicted molar refractivity (Wildman–Crippen MR) is 45.7 cm³/mol. The molecule has 0 aliphatic rings. The first-order valence-electron chi connectivity index (χ1n) is 4.20. The fourth-order valence-electron chi connectivity index (χ4n) is 0.500. The summed E-state index contributed by atoms with van der Waals surface area (Å²) in [5.74, 6) is 0. The molecule has 0 aliphatic carbocycles. The van der Waals surface area contributed by atoms with Crippen LogP contribution in [-0.4, -0.2) is 0 Å². The lowest BCUT2D eigenvalue weighted by molar-refractivity contribution is 0.702. The molecule has 0 aromatic heterocycles. The molecule has 0 saturated carbocycles. The first-order chi connectivity index (χ1) is 4.83. The van der Waals surface area contributed by atoms with Crippen LogP contribution in [0.25, 0.3) is 0 Å². The van der Waals surface area contributed by atoms with Crippen LogP contribution >= 0.6 is 0 Å². The van der Waals surface area contributed by atoms with E-state index in [0.717, 1.165) is 0 Å². The summed E-state index contributed by atoms with van der Waals surface area (Å²) in [6.45, 7) is 6.28. The summed E-state index contributed by atoms with van der Waals surface area (Å²) in [7, 11) is 0. The summed E-state index contributed by atoms with van der Waals surface area (Å²) in [5, 5.41) is 7.62. The molecular weight excluding hydrogens is 122 g/mol. The Bertz CT molecular complexity index is 67.3. The number of hydrogen-bond acceptors (Lipinski definition) is 1. The summed E-state index contributed by atoms with van der Waals surface area (Å²) in [6, 6.07) is 1.93. The quantitative estimate of drug-likeness (QED) is 0.552. The van der Waals surface area contributed by atoms with Gasteiger partial charge in [0, 0.05) is 6.42 Å². The van der Waals surface area contributed by atoms with Gasteiger partial charge >= 0.3 is 0 Å². The summed E-state index contributed by atoms with van der Waals surface area (Å²) in [4.78, 5) is 0. The van der Waals surface area contributed by atoms with E-state index in [2.05, 4.69) is 13.8 Å². The van der Waals surface area contributed by atoms with Crippen molar-refractivity contribution in [3.05, 3.63) is 0 Å². The maximum Gasteiger partial charge on any atom is 0.0618 e. The van der Waals surface area contributed by atoms with Crippen LogP contribution in [0, 0.1) is 11.3 Å². The summed E-state index contributed by atoms with van der Waals surface area (Å²) >= 11 is 0. The zero-order chi connectivity index (χ0) is 8.24. The van der Waals surface area contributed by atoms with Crippen LogP contribution in [0.15, 0.2) is 0 Å². The molecule has 0 bridgehead atoms. The van der Waals surface area contributed by atoms with Crippen molar-refractivity contribution in [3.63, 3.8) is 0 Å². The van der Waals surface area contributed by atoms with Crippen molar-refractivity contribution in [2.75, 3.05) is 0 Å². The first kappa shape index (κ1) is 12.2. The van der Waals surface area contributed by atoms with Gasteiger partial charge in [-0.2, -0.15) is 5.26 Å². The SMILES string of the molecule is CCC#N.CCCCCC. The Morgan fingerprint density at radius 2 is 1.30 bits per heavy atom. The van der Waals surface area contributed by atoms with Crippen LogP contribution in [0.2, 0.25) is 0 Å². The van der Waals surface area contributed by atoms with Crippen molar-refractivity contribution in [3.8, 4) is 6.07 Å². The number of nitrogens with zero attached hydrogens (tertiary/aromatic N) is 1. The second kappa shape index (κ2) is 15.8. The lowest BCUT2D eigenvalue weighted by Crippen LogP contribution is -1.66. The summed E-state index contributed by atoms with van der Waals surface area (Å²) in [6.07, 6.45) is 6.16. The van der Waals surface area contributed by atoms with Gasteiger partial charge in [0.1, 0.15) is 0 Å². The van der Waals surface area contributed by atoms with E-state index in [0.29, 0.717) is 6.42 Å². The topological polar surface area (TPSA) is 23.8 Å². The maximum atomic E-state index is 7.62. The molecule has 0 atom stereocenters. The van der Waals surface area contributed by atoms with Crippen LogP contribution in [0.5, 0.6) is 0 Å². The number of rotatable bonds is 3. The van der Waals surface area contributed by atoms with Gasteiger partial charge in [0.2, 0.25) is 0 Å². The van der Waals surface area contributed by atoms with E-state index in [4.69, 9.17) is 5.26 Å². The molecule has 1 heteroatoms. The molecule has 0 rings (SSSR count). The third-order valence-corrected chi connectivity index (χ3v) is 1.12. The molecule has 0 aromatic rings. The molecule has 0 N–H and O–H groups in total. The van der Waals surface area contributed by atoms with Crippen LogP contribution in [0.3, 0.4) is 0 Å². The van der Waals surface area contributed by atoms with E-state index < -0.39 is 0 Å². The van der Waals surface area contributed by atoms with Gasteiger partial charge in [-0.05, 0) is 0 Å². The van der Waals surface area contributed by atoms with Crippen molar-refractivity contribution in [1.29, 1.82) is 5.26 Å². The molecule has 0 aromatic carbocycles.